The van der Waals surface area contributed by atoms with Gasteiger partial charge in [-0.2, -0.15) is 0 Å². The molecule has 3 heterocycles. The molecule has 8 nitrogen and oxygen atoms in total. The summed E-state index contributed by atoms with van der Waals surface area (Å²) in [6.07, 6.45) is 0. The maximum atomic E-state index is 13.5. The number of methoxy groups -OCH3 is 1. The fraction of sp³-hybridized carbons (Fsp3) is 0.208. The van der Waals surface area contributed by atoms with Crippen LogP contribution in [0.25, 0.3) is 39.3 Å². The second-order valence-corrected chi connectivity index (χ2v) is 7.92. The first-order valence-corrected chi connectivity index (χ1v) is 10.2. The van der Waals surface area contributed by atoms with Crippen LogP contribution in [0.4, 0.5) is 5.69 Å². The van der Waals surface area contributed by atoms with Crippen molar-refractivity contribution in [2.75, 3.05) is 26.1 Å². The van der Waals surface area contributed by atoms with Gasteiger partial charge in [0.25, 0.3) is 5.56 Å². The minimum absolute atomic E-state index is 0.215. The Morgan fingerprint density at radius 3 is 2.50 bits per heavy atom. The van der Waals surface area contributed by atoms with Crippen LogP contribution in [-0.2, 0) is 0 Å². The lowest BCUT2D eigenvalue weighted by molar-refractivity contribution is 0.419. The number of benzene rings is 2. The summed E-state index contributed by atoms with van der Waals surface area (Å²) in [6.45, 7) is 3.73. The Hall–Kier alpha value is -4.07. The lowest BCUT2D eigenvalue weighted by atomic mass is 10.1. The second kappa shape index (κ2) is 7.26. The first kappa shape index (κ1) is 19.9. The topological polar surface area (TPSA) is 88.7 Å². The normalized spacial score (nSPS) is 11.4. The number of ether oxygens (including phenoxy) is 1. The zero-order valence-electron chi connectivity index (χ0n) is 18.6. The van der Waals surface area contributed by atoms with E-state index in [1.54, 1.807) is 14.0 Å². The van der Waals surface area contributed by atoms with Crippen LogP contribution in [0.5, 0.6) is 5.75 Å². The van der Waals surface area contributed by atoms with Gasteiger partial charge in [-0.1, -0.05) is 30.3 Å². The second-order valence-electron chi connectivity index (χ2n) is 7.92. The van der Waals surface area contributed by atoms with Crippen LogP contribution in [0.2, 0.25) is 0 Å². The molecule has 0 atom stereocenters. The van der Waals surface area contributed by atoms with Crippen molar-refractivity contribution in [2.45, 2.75) is 13.8 Å². The maximum absolute atomic E-state index is 13.5. The average Bonchev–Trinajstić information content (AvgIpc) is 3.34. The fourth-order valence-corrected chi connectivity index (χ4v) is 3.99. The number of oxazole rings is 1. The van der Waals surface area contributed by atoms with Crippen LogP contribution in [0, 0.1) is 13.8 Å². The van der Waals surface area contributed by atoms with Crippen molar-refractivity contribution in [1.82, 2.24) is 19.6 Å². The summed E-state index contributed by atoms with van der Waals surface area (Å²) in [6, 6.07) is 13.6. The lowest BCUT2D eigenvalue weighted by Crippen LogP contribution is -2.19. The minimum Gasteiger partial charge on any atom is -0.494 e. The van der Waals surface area contributed by atoms with Gasteiger partial charge >= 0.3 is 0 Å². The van der Waals surface area contributed by atoms with Crippen molar-refractivity contribution in [3.05, 3.63) is 64.2 Å². The van der Waals surface area contributed by atoms with Crippen molar-refractivity contribution in [3.8, 4) is 28.3 Å². The van der Waals surface area contributed by atoms with Crippen LogP contribution >= 0.6 is 0 Å². The molecule has 0 radical (unpaired) electrons. The number of rotatable bonds is 4. The third kappa shape index (κ3) is 2.95. The summed E-state index contributed by atoms with van der Waals surface area (Å²) < 4.78 is 13.0. The Bertz CT molecular complexity index is 1530. The van der Waals surface area contributed by atoms with Crippen LogP contribution in [0.15, 0.2) is 51.7 Å². The largest absolute Gasteiger partial charge is 0.494 e. The van der Waals surface area contributed by atoms with Crippen molar-refractivity contribution in [2.24, 2.45) is 0 Å². The molecular formula is C24H23N5O3. The third-order valence-electron chi connectivity index (χ3n) is 5.60. The van der Waals surface area contributed by atoms with Gasteiger partial charge in [0.2, 0.25) is 5.89 Å². The highest BCUT2D eigenvalue weighted by atomic mass is 16.5. The first-order chi connectivity index (χ1) is 15.4. The van der Waals surface area contributed by atoms with Gasteiger partial charge in [-0.3, -0.25) is 9.89 Å². The SMILES string of the molecule is COc1cc(N(C)C)cc2oc(-c3c(C)nc4c(-c5ccccc5)c(C)[nH]n4c3=O)nc12. The first-order valence-electron chi connectivity index (χ1n) is 10.2. The molecule has 0 unspecified atom stereocenters. The monoisotopic (exact) mass is 429 g/mol. The maximum Gasteiger partial charge on any atom is 0.285 e. The summed E-state index contributed by atoms with van der Waals surface area (Å²) in [5.74, 6) is 0.794. The van der Waals surface area contributed by atoms with E-state index >= 15 is 0 Å². The number of anilines is 1. The minimum atomic E-state index is -0.267. The fourth-order valence-electron chi connectivity index (χ4n) is 3.99. The van der Waals surface area contributed by atoms with Crippen LogP contribution in [0.1, 0.15) is 11.4 Å². The Kier molecular flexibility index (Phi) is 4.51. The molecule has 2 aromatic carbocycles. The molecule has 0 spiro atoms. The summed E-state index contributed by atoms with van der Waals surface area (Å²) in [7, 11) is 5.46. The summed E-state index contributed by atoms with van der Waals surface area (Å²) in [5.41, 5.74) is 5.91. The number of aryl methyl sites for hydroxylation is 2. The molecule has 0 fully saturated rings. The number of aromatic amines is 1. The molecule has 0 saturated heterocycles. The van der Waals surface area contributed by atoms with Gasteiger partial charge in [-0.15, -0.1) is 0 Å². The van der Waals surface area contributed by atoms with Gasteiger partial charge in [-0.05, 0) is 19.4 Å². The van der Waals surface area contributed by atoms with E-state index < -0.39 is 0 Å². The van der Waals surface area contributed by atoms with E-state index in [1.807, 2.05) is 68.4 Å². The van der Waals surface area contributed by atoms with E-state index in [1.165, 1.54) is 4.52 Å². The number of H-pyrrole nitrogens is 1. The highest BCUT2D eigenvalue weighted by Crippen LogP contribution is 2.34. The van der Waals surface area contributed by atoms with Crippen molar-refractivity contribution in [1.29, 1.82) is 0 Å². The van der Waals surface area contributed by atoms with E-state index in [0.29, 0.717) is 33.8 Å². The molecule has 5 rings (SSSR count). The molecule has 1 N–H and O–H groups in total. The molecule has 0 aliphatic carbocycles. The Morgan fingerprint density at radius 2 is 1.81 bits per heavy atom. The van der Waals surface area contributed by atoms with Gasteiger partial charge < -0.3 is 14.1 Å². The van der Waals surface area contributed by atoms with E-state index in [0.717, 1.165) is 22.5 Å². The molecule has 0 saturated carbocycles. The molecule has 0 bridgehead atoms. The third-order valence-corrected chi connectivity index (χ3v) is 5.60. The van der Waals surface area contributed by atoms with Crippen molar-refractivity contribution in [3.63, 3.8) is 0 Å². The molecular weight excluding hydrogens is 406 g/mol. The molecule has 32 heavy (non-hydrogen) atoms. The van der Waals surface area contributed by atoms with E-state index in [2.05, 4.69) is 10.1 Å². The highest BCUT2D eigenvalue weighted by Gasteiger charge is 2.23. The highest BCUT2D eigenvalue weighted by molar-refractivity contribution is 5.87. The van der Waals surface area contributed by atoms with E-state index in [-0.39, 0.29) is 11.4 Å². The number of hydrogen-bond acceptors (Lipinski definition) is 6. The van der Waals surface area contributed by atoms with Gasteiger partial charge in [0, 0.05) is 43.2 Å². The molecule has 8 heteroatoms. The molecule has 0 aliphatic heterocycles. The zero-order valence-corrected chi connectivity index (χ0v) is 18.6. The molecule has 5 aromatic rings. The summed E-state index contributed by atoms with van der Waals surface area (Å²) in [5, 5.41) is 3.15. The predicted octanol–water partition coefficient (Wildman–Crippen LogP) is 4.19. The lowest BCUT2D eigenvalue weighted by Gasteiger charge is -2.13. The smallest absolute Gasteiger partial charge is 0.285 e. The summed E-state index contributed by atoms with van der Waals surface area (Å²) in [4.78, 5) is 24.8. The molecule has 3 aromatic heterocycles. The van der Waals surface area contributed by atoms with E-state index in [4.69, 9.17) is 14.1 Å². The molecule has 162 valence electrons. The average molecular weight is 429 g/mol. The summed E-state index contributed by atoms with van der Waals surface area (Å²) >= 11 is 0. The van der Waals surface area contributed by atoms with Crippen LogP contribution in [0.3, 0.4) is 0 Å². The Labute approximate surface area is 184 Å². The Balaban J connectivity index is 1.75. The van der Waals surface area contributed by atoms with Gasteiger partial charge in [-0.25, -0.2) is 14.5 Å². The van der Waals surface area contributed by atoms with E-state index in [9.17, 15) is 4.79 Å². The number of nitrogens with one attached hydrogen (secondary N) is 1. The predicted molar refractivity (Wildman–Crippen MR) is 125 cm³/mol. The standard InChI is InChI=1S/C24H23N5O3/c1-13-20(23-26-21-17(31-5)11-16(28(3)4)12-18(21)32-23)24(30)29-22(25-13)19(14(2)27-29)15-9-7-6-8-10-15/h6-12,27H,1-5H3. The zero-order chi connectivity index (χ0) is 22.6. The number of fused-ring (bicyclic) bond motifs is 2. The van der Waals surface area contributed by atoms with Gasteiger partial charge in [0.1, 0.15) is 5.56 Å². The molecule has 0 amide bonds. The molecule has 0 aliphatic rings. The van der Waals surface area contributed by atoms with Gasteiger partial charge in [0.05, 0.1) is 12.8 Å². The van der Waals surface area contributed by atoms with Crippen molar-refractivity contribution < 1.29 is 9.15 Å². The quantitative estimate of drug-likeness (QED) is 0.461. The van der Waals surface area contributed by atoms with Crippen LogP contribution < -0.4 is 15.2 Å². The number of aromatic nitrogens is 4. The Morgan fingerprint density at radius 1 is 1.06 bits per heavy atom. The van der Waals surface area contributed by atoms with Crippen molar-refractivity contribution >= 4 is 22.4 Å². The number of hydrogen-bond donors (Lipinski definition) is 1. The van der Waals surface area contributed by atoms with Crippen LogP contribution in [-0.4, -0.2) is 40.8 Å². The number of nitrogens with zero attached hydrogens (tertiary/aromatic N) is 4. The van der Waals surface area contributed by atoms with Gasteiger partial charge in [0.15, 0.2) is 22.5 Å².